The lowest BCUT2D eigenvalue weighted by molar-refractivity contribution is -0.116. The first kappa shape index (κ1) is 22.5. The Hall–Kier alpha value is -3.56. The maximum Gasteiger partial charge on any atom is 0.275 e. The largest absolute Gasteiger partial charge is 0.323 e. The molecule has 2 aromatic rings. The lowest BCUT2D eigenvalue weighted by Gasteiger charge is -2.06. The van der Waals surface area contributed by atoms with Crippen molar-refractivity contribution in [2.75, 3.05) is 5.32 Å². The highest BCUT2D eigenvalue weighted by Crippen LogP contribution is 2.13. The summed E-state index contributed by atoms with van der Waals surface area (Å²) in [5.74, 6) is -0.752. The van der Waals surface area contributed by atoms with Gasteiger partial charge >= 0.3 is 0 Å². The fourth-order valence-corrected chi connectivity index (χ4v) is 1.88. The van der Waals surface area contributed by atoms with Gasteiger partial charge in [0.2, 0.25) is 5.91 Å². The molecule has 0 saturated heterocycles. The molecule has 2 amide bonds. The van der Waals surface area contributed by atoms with Gasteiger partial charge in [-0.05, 0) is 19.1 Å². The number of carbonyl (C=O) groups is 2. The van der Waals surface area contributed by atoms with E-state index < -0.39 is 11.7 Å². The van der Waals surface area contributed by atoms with Crippen LogP contribution in [0, 0.1) is 0 Å². The fourth-order valence-electron chi connectivity index (χ4n) is 1.88. The number of hydrogen-bond donors (Lipinski definition) is 4. The van der Waals surface area contributed by atoms with Gasteiger partial charge in [-0.2, -0.15) is 10.2 Å². The number of nitrogens with one attached hydrogen (secondary N) is 4. The van der Waals surface area contributed by atoms with Crippen molar-refractivity contribution in [2.24, 2.45) is 0 Å². The number of aryl methyl sites for hydroxylation is 1. The van der Waals surface area contributed by atoms with E-state index in [0.29, 0.717) is 12.2 Å². The Bertz CT molecular complexity index is 838. The molecule has 0 radical (unpaired) electrons. The minimum absolute atomic E-state index is 0.0547. The third-order valence-electron chi connectivity index (χ3n) is 3.19. The summed E-state index contributed by atoms with van der Waals surface area (Å²) >= 11 is 0. The lowest BCUT2D eigenvalue weighted by Crippen LogP contribution is -2.24. The first-order valence-corrected chi connectivity index (χ1v) is 8.67. The number of carbonyl (C=O) groups excluding carboxylic acids is 2. The molecule has 9 nitrogen and oxygen atoms in total. The predicted molar refractivity (Wildman–Crippen MR) is 104 cm³/mol. The second-order valence-corrected chi connectivity index (χ2v) is 5.13. The quantitative estimate of drug-likeness (QED) is 0.516. The molecule has 0 fully saturated rings. The summed E-state index contributed by atoms with van der Waals surface area (Å²) in [6.07, 6.45) is 6.96. The Morgan fingerprint density at radius 3 is 2.64 bits per heavy atom. The molecule has 0 aliphatic heterocycles. The summed E-state index contributed by atoms with van der Waals surface area (Å²) in [5.41, 5.74) is 0.463. The molecule has 0 aliphatic rings. The van der Waals surface area contributed by atoms with Gasteiger partial charge in [0.15, 0.2) is 0 Å². The van der Waals surface area contributed by atoms with E-state index in [4.69, 9.17) is 0 Å². The number of rotatable bonds is 8. The van der Waals surface area contributed by atoms with Gasteiger partial charge in [-0.1, -0.05) is 26.5 Å². The Morgan fingerprint density at radius 2 is 2.00 bits per heavy atom. The van der Waals surface area contributed by atoms with Gasteiger partial charge in [0.05, 0.1) is 11.9 Å². The molecule has 0 unspecified atom stereocenters. The number of halogens is 1. The van der Waals surface area contributed by atoms with Gasteiger partial charge in [-0.3, -0.25) is 19.8 Å². The van der Waals surface area contributed by atoms with E-state index >= 15 is 0 Å². The molecule has 0 saturated carbocycles. The summed E-state index contributed by atoms with van der Waals surface area (Å²) in [6, 6.07) is 0. The molecule has 10 heteroatoms. The minimum Gasteiger partial charge on any atom is -0.323 e. The summed E-state index contributed by atoms with van der Waals surface area (Å²) < 4.78 is 13.0. The van der Waals surface area contributed by atoms with Gasteiger partial charge in [0, 0.05) is 18.5 Å². The maximum absolute atomic E-state index is 13.0. The van der Waals surface area contributed by atoms with Gasteiger partial charge < -0.3 is 10.6 Å². The lowest BCUT2D eigenvalue weighted by atomic mass is 10.2. The molecule has 0 aromatic carbocycles. The highest BCUT2D eigenvalue weighted by molar-refractivity contribution is 6.02. The van der Waals surface area contributed by atoms with Crippen LogP contribution in [0.5, 0.6) is 0 Å². The molecule has 2 aromatic heterocycles. The molecule has 4 N–H and O–H groups in total. The van der Waals surface area contributed by atoms with Gasteiger partial charge in [-0.25, -0.2) is 9.37 Å². The smallest absolute Gasteiger partial charge is 0.275 e. The second-order valence-electron chi connectivity index (χ2n) is 5.13. The van der Waals surface area contributed by atoms with Crippen molar-refractivity contribution >= 4 is 17.5 Å². The van der Waals surface area contributed by atoms with Crippen LogP contribution >= 0.6 is 0 Å². The maximum atomic E-state index is 13.0. The van der Waals surface area contributed by atoms with Crippen LogP contribution in [-0.4, -0.2) is 37.2 Å². The van der Waals surface area contributed by atoms with E-state index in [2.05, 4.69) is 42.6 Å². The standard InChI is InChI=1S/C16H18FN7O2.C2H6/c1-3-11(17)5-4-10(2)21-16(26)15-12(8-19-24-15)22-14(25)7-6-13-18-9-20-23-13;1-2/h3-5,8-9H,2,6-7H2,1H3,(H,19,24)(H,21,26)(H,22,25)(H,18,20,23);1-2H3/b5-4-,11-3+;. The Balaban J connectivity index is 0.00000190. The highest BCUT2D eigenvalue weighted by atomic mass is 19.1. The van der Waals surface area contributed by atoms with Crippen molar-refractivity contribution in [2.45, 2.75) is 33.6 Å². The van der Waals surface area contributed by atoms with Crippen LogP contribution in [0.25, 0.3) is 0 Å². The van der Waals surface area contributed by atoms with Crippen molar-refractivity contribution in [3.05, 3.63) is 60.4 Å². The summed E-state index contributed by atoms with van der Waals surface area (Å²) in [7, 11) is 0. The number of amides is 2. The average Bonchev–Trinajstić information content (AvgIpc) is 3.38. The Labute approximate surface area is 162 Å². The van der Waals surface area contributed by atoms with Crippen LogP contribution < -0.4 is 10.6 Å². The molecule has 0 spiro atoms. The number of aromatic amines is 2. The number of hydrogen-bond acceptors (Lipinski definition) is 5. The Morgan fingerprint density at radius 1 is 1.25 bits per heavy atom. The zero-order valence-corrected chi connectivity index (χ0v) is 16.0. The van der Waals surface area contributed by atoms with Crippen LogP contribution in [0.3, 0.4) is 0 Å². The minimum atomic E-state index is -0.566. The van der Waals surface area contributed by atoms with Crippen molar-refractivity contribution in [3.63, 3.8) is 0 Å². The molecular formula is C18H24FN7O2. The van der Waals surface area contributed by atoms with E-state index in [1.807, 2.05) is 13.8 Å². The molecule has 150 valence electrons. The van der Waals surface area contributed by atoms with Gasteiger partial charge in [0.1, 0.15) is 23.7 Å². The summed E-state index contributed by atoms with van der Waals surface area (Å²) in [4.78, 5) is 28.1. The second kappa shape index (κ2) is 11.9. The molecule has 28 heavy (non-hydrogen) atoms. The van der Waals surface area contributed by atoms with Crippen LogP contribution in [0.2, 0.25) is 0 Å². The molecule has 2 heterocycles. The van der Waals surface area contributed by atoms with Crippen LogP contribution in [0.4, 0.5) is 10.1 Å². The van der Waals surface area contributed by atoms with Crippen LogP contribution in [-0.2, 0) is 11.2 Å². The van der Waals surface area contributed by atoms with Gasteiger partial charge in [0.25, 0.3) is 5.91 Å². The zero-order chi connectivity index (χ0) is 20.9. The number of allylic oxidation sites excluding steroid dienone is 4. The van der Waals surface area contributed by atoms with Gasteiger partial charge in [-0.15, -0.1) is 0 Å². The molecule has 0 aliphatic carbocycles. The fraction of sp³-hybridized carbons (Fsp3) is 0.278. The first-order valence-electron chi connectivity index (χ1n) is 8.67. The zero-order valence-electron chi connectivity index (χ0n) is 16.0. The molecule has 2 rings (SSSR count). The highest BCUT2D eigenvalue weighted by Gasteiger charge is 2.16. The van der Waals surface area contributed by atoms with Crippen LogP contribution in [0.1, 0.15) is 43.5 Å². The number of aromatic nitrogens is 5. The Kier molecular flexibility index (Phi) is 9.59. The van der Waals surface area contributed by atoms with Crippen LogP contribution in [0.15, 0.2) is 48.9 Å². The van der Waals surface area contributed by atoms with E-state index in [-0.39, 0.29) is 29.4 Å². The number of H-pyrrole nitrogens is 2. The monoisotopic (exact) mass is 389 g/mol. The summed E-state index contributed by atoms with van der Waals surface area (Å²) in [5, 5.41) is 17.7. The van der Waals surface area contributed by atoms with Crippen molar-refractivity contribution in [1.82, 2.24) is 30.7 Å². The molecular weight excluding hydrogens is 365 g/mol. The van der Waals surface area contributed by atoms with Crippen molar-refractivity contribution in [3.8, 4) is 0 Å². The average molecular weight is 389 g/mol. The predicted octanol–water partition coefficient (Wildman–Crippen LogP) is 2.80. The number of anilines is 1. The van der Waals surface area contributed by atoms with E-state index in [0.717, 1.165) is 0 Å². The third-order valence-corrected chi connectivity index (χ3v) is 3.19. The van der Waals surface area contributed by atoms with Crippen molar-refractivity contribution in [1.29, 1.82) is 0 Å². The van der Waals surface area contributed by atoms with E-state index in [1.54, 1.807) is 6.92 Å². The van der Waals surface area contributed by atoms with E-state index in [9.17, 15) is 14.0 Å². The third kappa shape index (κ3) is 7.36. The topological polar surface area (TPSA) is 128 Å². The summed E-state index contributed by atoms with van der Waals surface area (Å²) in [6.45, 7) is 9.15. The normalized spacial score (nSPS) is 10.9. The molecule has 0 bridgehead atoms. The van der Waals surface area contributed by atoms with Crippen molar-refractivity contribution < 1.29 is 14.0 Å². The van der Waals surface area contributed by atoms with E-state index in [1.165, 1.54) is 30.8 Å². The number of nitrogens with zero attached hydrogens (tertiary/aromatic N) is 3. The molecule has 0 atom stereocenters. The SMILES string of the molecule is C=C(/C=C\C(F)=C/C)NC(=O)c1[nH]ncc1NC(=O)CCc1ncn[nH]1.CC. The first-order chi connectivity index (χ1) is 13.5.